The summed E-state index contributed by atoms with van der Waals surface area (Å²) in [5, 5.41) is 23.9. The molecule has 1 aromatic heterocycles. The van der Waals surface area contributed by atoms with E-state index in [4.69, 9.17) is 5.26 Å². The number of phenolic OH excluding ortho intramolecular Hbond substituents is 1. The second-order valence-electron chi connectivity index (χ2n) is 4.52. The van der Waals surface area contributed by atoms with Crippen LogP contribution in [0.5, 0.6) is 5.75 Å². The third kappa shape index (κ3) is 2.90. The van der Waals surface area contributed by atoms with Crippen molar-refractivity contribution < 1.29 is 9.50 Å². The SMILES string of the molecule is N#Cc1cccc(-c2csc(Nc3cc(F)ccc3O)n2)c1. The van der Waals surface area contributed by atoms with Gasteiger partial charge in [0, 0.05) is 17.0 Å². The molecule has 0 amide bonds. The summed E-state index contributed by atoms with van der Waals surface area (Å²) >= 11 is 1.33. The summed E-state index contributed by atoms with van der Waals surface area (Å²) in [5.74, 6) is -0.497. The predicted molar refractivity (Wildman–Crippen MR) is 83.6 cm³/mol. The minimum absolute atomic E-state index is 0.0513. The van der Waals surface area contributed by atoms with Gasteiger partial charge in [-0.2, -0.15) is 5.26 Å². The van der Waals surface area contributed by atoms with Gasteiger partial charge >= 0.3 is 0 Å². The van der Waals surface area contributed by atoms with Crippen molar-refractivity contribution in [1.82, 2.24) is 4.98 Å². The number of rotatable bonds is 3. The molecule has 108 valence electrons. The van der Waals surface area contributed by atoms with Gasteiger partial charge in [0.05, 0.1) is 23.0 Å². The van der Waals surface area contributed by atoms with Crippen LogP contribution in [0, 0.1) is 17.1 Å². The van der Waals surface area contributed by atoms with Gasteiger partial charge in [-0.15, -0.1) is 11.3 Å². The van der Waals surface area contributed by atoms with Gasteiger partial charge in [0.2, 0.25) is 0 Å². The van der Waals surface area contributed by atoms with E-state index >= 15 is 0 Å². The fourth-order valence-electron chi connectivity index (χ4n) is 1.94. The molecule has 0 saturated heterocycles. The standard InChI is InChI=1S/C16H10FN3OS/c17-12-4-5-15(21)13(7-12)19-16-20-14(9-22-16)11-3-1-2-10(6-11)8-18/h1-7,9,21H,(H,19,20). The summed E-state index contributed by atoms with van der Waals surface area (Å²) in [7, 11) is 0. The van der Waals surface area contributed by atoms with Crippen LogP contribution < -0.4 is 5.32 Å². The second kappa shape index (κ2) is 5.84. The zero-order valence-corrected chi connectivity index (χ0v) is 12.1. The van der Waals surface area contributed by atoms with E-state index in [1.807, 2.05) is 11.4 Å². The average molecular weight is 311 g/mol. The van der Waals surface area contributed by atoms with Crippen LogP contribution in [0.25, 0.3) is 11.3 Å². The van der Waals surface area contributed by atoms with Crippen LogP contribution in [0.4, 0.5) is 15.2 Å². The van der Waals surface area contributed by atoms with Crippen molar-refractivity contribution in [1.29, 1.82) is 5.26 Å². The Labute approximate surface area is 130 Å². The first-order chi connectivity index (χ1) is 10.7. The topological polar surface area (TPSA) is 68.9 Å². The molecule has 4 nitrogen and oxygen atoms in total. The summed E-state index contributed by atoms with van der Waals surface area (Å²) in [6.07, 6.45) is 0. The Kier molecular flexibility index (Phi) is 3.73. The fourth-order valence-corrected chi connectivity index (χ4v) is 2.67. The molecule has 0 fully saturated rings. The maximum absolute atomic E-state index is 13.2. The highest BCUT2D eigenvalue weighted by molar-refractivity contribution is 7.14. The molecule has 0 bridgehead atoms. The minimum Gasteiger partial charge on any atom is -0.506 e. The van der Waals surface area contributed by atoms with Crippen LogP contribution in [0.1, 0.15) is 5.56 Å². The first-order valence-electron chi connectivity index (χ1n) is 6.37. The summed E-state index contributed by atoms with van der Waals surface area (Å²) in [5.41, 5.74) is 2.35. The van der Waals surface area contributed by atoms with E-state index in [1.54, 1.807) is 18.2 Å². The van der Waals surface area contributed by atoms with Crippen LogP contribution in [-0.2, 0) is 0 Å². The van der Waals surface area contributed by atoms with Crippen molar-refractivity contribution in [3.8, 4) is 23.1 Å². The van der Waals surface area contributed by atoms with Crippen molar-refractivity contribution in [2.75, 3.05) is 5.32 Å². The number of nitrogens with one attached hydrogen (secondary N) is 1. The van der Waals surface area contributed by atoms with E-state index in [-0.39, 0.29) is 11.4 Å². The lowest BCUT2D eigenvalue weighted by Crippen LogP contribution is -1.91. The Morgan fingerprint density at radius 3 is 2.91 bits per heavy atom. The van der Waals surface area contributed by atoms with Gasteiger partial charge in [-0.05, 0) is 24.3 Å². The number of anilines is 2. The summed E-state index contributed by atoms with van der Waals surface area (Å²) in [4.78, 5) is 4.39. The van der Waals surface area contributed by atoms with Gasteiger partial charge < -0.3 is 10.4 Å². The van der Waals surface area contributed by atoms with Crippen LogP contribution in [0.2, 0.25) is 0 Å². The van der Waals surface area contributed by atoms with E-state index in [0.29, 0.717) is 16.4 Å². The van der Waals surface area contributed by atoms with Gasteiger partial charge in [0.15, 0.2) is 5.13 Å². The van der Waals surface area contributed by atoms with Crippen molar-refractivity contribution >= 4 is 22.2 Å². The number of phenols is 1. The highest BCUT2D eigenvalue weighted by atomic mass is 32.1. The molecular formula is C16H10FN3OS. The normalized spacial score (nSPS) is 10.2. The third-order valence-electron chi connectivity index (χ3n) is 2.99. The molecule has 6 heteroatoms. The van der Waals surface area contributed by atoms with Crippen LogP contribution in [0.3, 0.4) is 0 Å². The molecule has 3 rings (SSSR count). The molecule has 0 spiro atoms. The van der Waals surface area contributed by atoms with E-state index in [1.165, 1.54) is 29.5 Å². The molecule has 1 heterocycles. The van der Waals surface area contributed by atoms with E-state index in [2.05, 4.69) is 16.4 Å². The Bertz CT molecular complexity index is 870. The van der Waals surface area contributed by atoms with Gasteiger partial charge in [-0.3, -0.25) is 0 Å². The van der Waals surface area contributed by atoms with Crippen LogP contribution in [-0.4, -0.2) is 10.1 Å². The molecule has 0 radical (unpaired) electrons. The number of aromatic hydroxyl groups is 1. The Hall–Kier alpha value is -2.91. The van der Waals surface area contributed by atoms with Crippen molar-refractivity contribution in [3.05, 3.63) is 59.2 Å². The van der Waals surface area contributed by atoms with Crippen molar-refractivity contribution in [2.45, 2.75) is 0 Å². The first-order valence-corrected chi connectivity index (χ1v) is 7.25. The molecular weight excluding hydrogens is 301 g/mol. The van der Waals surface area contributed by atoms with Crippen LogP contribution >= 0.6 is 11.3 Å². The number of thiazole rings is 1. The average Bonchev–Trinajstić information content (AvgIpc) is 2.99. The highest BCUT2D eigenvalue weighted by Crippen LogP contribution is 2.31. The van der Waals surface area contributed by atoms with Gasteiger partial charge in [-0.25, -0.2) is 9.37 Å². The Morgan fingerprint density at radius 2 is 2.09 bits per heavy atom. The molecule has 0 saturated carbocycles. The number of aromatic nitrogens is 1. The number of hydrogen-bond donors (Lipinski definition) is 2. The van der Waals surface area contributed by atoms with E-state index < -0.39 is 5.82 Å². The zero-order valence-electron chi connectivity index (χ0n) is 11.2. The number of nitriles is 1. The summed E-state index contributed by atoms with van der Waals surface area (Å²) < 4.78 is 13.2. The molecule has 22 heavy (non-hydrogen) atoms. The molecule has 0 aliphatic heterocycles. The smallest absolute Gasteiger partial charge is 0.187 e. The third-order valence-corrected chi connectivity index (χ3v) is 3.75. The second-order valence-corrected chi connectivity index (χ2v) is 5.38. The van der Waals surface area contributed by atoms with Gasteiger partial charge in [0.1, 0.15) is 11.6 Å². The lowest BCUT2D eigenvalue weighted by molar-refractivity contribution is 0.475. The first kappa shape index (κ1) is 14.0. The molecule has 2 N–H and O–H groups in total. The van der Waals surface area contributed by atoms with Crippen LogP contribution in [0.15, 0.2) is 47.8 Å². The lowest BCUT2D eigenvalue weighted by Gasteiger charge is -2.05. The summed E-state index contributed by atoms with van der Waals surface area (Å²) in [6.45, 7) is 0. The van der Waals surface area contributed by atoms with E-state index in [0.717, 1.165) is 5.56 Å². The molecule has 0 aliphatic carbocycles. The molecule has 0 unspecified atom stereocenters. The Balaban J connectivity index is 1.88. The highest BCUT2D eigenvalue weighted by Gasteiger charge is 2.08. The van der Waals surface area contributed by atoms with Gasteiger partial charge in [-0.1, -0.05) is 12.1 Å². The largest absolute Gasteiger partial charge is 0.506 e. The number of benzene rings is 2. The van der Waals surface area contributed by atoms with Crippen molar-refractivity contribution in [2.24, 2.45) is 0 Å². The molecule has 0 aliphatic rings. The predicted octanol–water partition coefficient (Wildman–Crippen LogP) is 4.27. The fraction of sp³-hybridized carbons (Fsp3) is 0. The van der Waals surface area contributed by atoms with Gasteiger partial charge in [0.25, 0.3) is 0 Å². The minimum atomic E-state index is -0.446. The lowest BCUT2D eigenvalue weighted by atomic mass is 10.1. The number of hydrogen-bond acceptors (Lipinski definition) is 5. The molecule has 3 aromatic rings. The molecule has 2 aromatic carbocycles. The quantitative estimate of drug-likeness (QED) is 0.709. The molecule has 0 atom stereocenters. The maximum Gasteiger partial charge on any atom is 0.187 e. The van der Waals surface area contributed by atoms with Crippen molar-refractivity contribution in [3.63, 3.8) is 0 Å². The maximum atomic E-state index is 13.2. The zero-order chi connectivity index (χ0) is 15.5. The number of halogens is 1. The summed E-state index contributed by atoms with van der Waals surface area (Å²) in [6, 6.07) is 12.9. The number of nitrogens with zero attached hydrogens (tertiary/aromatic N) is 2. The Morgan fingerprint density at radius 1 is 1.23 bits per heavy atom. The van der Waals surface area contributed by atoms with E-state index in [9.17, 15) is 9.50 Å². The monoisotopic (exact) mass is 311 g/mol.